The summed E-state index contributed by atoms with van der Waals surface area (Å²) in [5, 5.41) is 3.92. The van der Waals surface area contributed by atoms with Crippen LogP contribution < -0.4 is 16.0 Å². The molecule has 0 spiro atoms. The number of carbonyl (C=O) groups is 1. The van der Waals surface area contributed by atoms with Crippen molar-refractivity contribution < 1.29 is 4.79 Å². The lowest BCUT2D eigenvalue weighted by atomic mass is 9.99. The van der Waals surface area contributed by atoms with Gasteiger partial charge >= 0.3 is 0 Å². The number of hydrogen-bond donors (Lipinski definition) is 2. The van der Waals surface area contributed by atoms with E-state index in [-0.39, 0.29) is 5.91 Å². The Morgan fingerprint density at radius 3 is 2.77 bits per heavy atom. The molecule has 0 radical (unpaired) electrons. The molecule has 1 fully saturated rings. The second-order valence-corrected chi connectivity index (χ2v) is 8.17. The monoisotopic (exact) mass is 399 g/mol. The predicted molar refractivity (Wildman–Crippen MR) is 109 cm³/mol. The molecule has 1 aromatic heterocycles. The average Bonchev–Trinajstić information content (AvgIpc) is 2.63. The molecule has 8 heteroatoms. The summed E-state index contributed by atoms with van der Waals surface area (Å²) in [6.07, 6.45) is 6.58. The Labute approximate surface area is 165 Å². The molecule has 3 N–H and O–H groups in total. The second kappa shape index (κ2) is 11.6. The number of aromatic nitrogens is 2. The van der Waals surface area contributed by atoms with E-state index in [0.717, 1.165) is 69.9 Å². The molecule has 146 valence electrons. The molecule has 2 rings (SSSR count). The number of unbranched alkanes of at least 4 members (excludes halogenated alkanes) is 3. The van der Waals surface area contributed by atoms with Crippen molar-refractivity contribution in [2.75, 3.05) is 36.8 Å². The normalized spacial score (nSPS) is 15.3. The molecule has 0 saturated carbocycles. The van der Waals surface area contributed by atoms with Gasteiger partial charge in [0.1, 0.15) is 11.0 Å². The van der Waals surface area contributed by atoms with Crippen LogP contribution in [0.4, 0.5) is 5.82 Å². The zero-order valence-electron chi connectivity index (χ0n) is 15.5. The minimum absolute atomic E-state index is 0.00532. The van der Waals surface area contributed by atoms with E-state index in [0.29, 0.717) is 22.6 Å². The van der Waals surface area contributed by atoms with Gasteiger partial charge in [-0.15, -0.1) is 0 Å². The fourth-order valence-corrected chi connectivity index (χ4v) is 3.79. The van der Waals surface area contributed by atoms with E-state index in [9.17, 15) is 4.79 Å². The van der Waals surface area contributed by atoms with Crippen LogP contribution in [0.2, 0.25) is 5.15 Å². The summed E-state index contributed by atoms with van der Waals surface area (Å²) >= 11 is 7.49. The van der Waals surface area contributed by atoms with E-state index in [2.05, 4.69) is 27.1 Å². The number of piperidine rings is 1. The Balaban J connectivity index is 1.75. The molecular formula is C18H30ClN5OS. The van der Waals surface area contributed by atoms with Crippen molar-refractivity contribution in [1.82, 2.24) is 15.3 Å². The summed E-state index contributed by atoms with van der Waals surface area (Å²) in [6, 6.07) is 1.81. The third kappa shape index (κ3) is 7.68. The van der Waals surface area contributed by atoms with Crippen LogP contribution >= 0.6 is 23.4 Å². The van der Waals surface area contributed by atoms with Gasteiger partial charge in [0.25, 0.3) is 0 Å². The molecule has 0 aromatic carbocycles. The highest BCUT2D eigenvalue weighted by molar-refractivity contribution is 7.99. The van der Waals surface area contributed by atoms with Gasteiger partial charge in [0.15, 0.2) is 5.16 Å². The van der Waals surface area contributed by atoms with Crippen molar-refractivity contribution >= 4 is 35.1 Å². The lowest BCUT2D eigenvalue weighted by Crippen LogP contribution is -2.33. The average molecular weight is 400 g/mol. The van der Waals surface area contributed by atoms with E-state index in [1.54, 1.807) is 0 Å². The quantitative estimate of drug-likeness (QED) is 0.272. The third-order valence-electron chi connectivity index (χ3n) is 4.55. The van der Waals surface area contributed by atoms with Crippen molar-refractivity contribution in [3.8, 4) is 0 Å². The number of rotatable bonds is 10. The number of nitrogens with one attached hydrogen (secondary N) is 1. The van der Waals surface area contributed by atoms with Crippen LogP contribution in [0.25, 0.3) is 0 Å². The summed E-state index contributed by atoms with van der Waals surface area (Å²) in [5.74, 6) is 1.93. The maximum Gasteiger partial charge on any atom is 0.230 e. The summed E-state index contributed by atoms with van der Waals surface area (Å²) in [4.78, 5) is 23.0. The number of hydrogen-bond acceptors (Lipinski definition) is 6. The lowest BCUT2D eigenvalue weighted by molar-refractivity contribution is -0.118. The smallest absolute Gasteiger partial charge is 0.230 e. The summed E-state index contributed by atoms with van der Waals surface area (Å²) in [5.41, 5.74) is 5.46. The van der Waals surface area contributed by atoms with Crippen molar-refractivity contribution in [3.05, 3.63) is 11.2 Å². The molecule has 0 atom stereocenters. The minimum atomic E-state index is 0.00532. The Morgan fingerprint density at radius 1 is 1.31 bits per heavy atom. The maximum atomic E-state index is 12.0. The highest BCUT2D eigenvalue weighted by Crippen LogP contribution is 2.25. The van der Waals surface area contributed by atoms with E-state index in [1.807, 2.05) is 6.07 Å². The SMILES string of the molecule is CC1CCN(c2cc(Cl)nc(SCC(=O)NCCCCCCN)n2)CC1. The molecule has 26 heavy (non-hydrogen) atoms. The van der Waals surface area contributed by atoms with Gasteiger partial charge in [-0.2, -0.15) is 0 Å². The number of halogens is 1. The van der Waals surface area contributed by atoms with Gasteiger partial charge in [0.05, 0.1) is 5.75 Å². The van der Waals surface area contributed by atoms with Gasteiger partial charge in [0.2, 0.25) is 5.91 Å². The third-order valence-corrected chi connectivity index (χ3v) is 5.59. The maximum absolute atomic E-state index is 12.0. The number of thioether (sulfide) groups is 1. The Kier molecular flexibility index (Phi) is 9.50. The number of anilines is 1. The molecule has 1 aliphatic rings. The highest BCUT2D eigenvalue weighted by atomic mass is 35.5. The Hall–Kier alpha value is -1.05. The number of carbonyl (C=O) groups excluding carboxylic acids is 1. The van der Waals surface area contributed by atoms with E-state index >= 15 is 0 Å². The van der Waals surface area contributed by atoms with Gasteiger partial charge in [-0.3, -0.25) is 4.79 Å². The first-order valence-electron chi connectivity index (χ1n) is 9.47. The van der Waals surface area contributed by atoms with Crippen LogP contribution in [0.5, 0.6) is 0 Å². The van der Waals surface area contributed by atoms with Crippen LogP contribution in [0.3, 0.4) is 0 Å². The molecule has 0 aliphatic carbocycles. The zero-order valence-corrected chi connectivity index (χ0v) is 17.1. The number of nitrogens with zero attached hydrogens (tertiary/aromatic N) is 3. The fraction of sp³-hybridized carbons (Fsp3) is 0.722. The second-order valence-electron chi connectivity index (χ2n) is 6.84. The minimum Gasteiger partial charge on any atom is -0.356 e. The molecule has 1 aliphatic heterocycles. The van der Waals surface area contributed by atoms with Gasteiger partial charge < -0.3 is 16.0 Å². The molecule has 1 saturated heterocycles. The van der Waals surface area contributed by atoms with Crippen molar-refractivity contribution in [3.63, 3.8) is 0 Å². The zero-order chi connectivity index (χ0) is 18.8. The van der Waals surface area contributed by atoms with Crippen molar-refractivity contribution in [2.45, 2.75) is 50.6 Å². The molecule has 1 aromatic rings. The highest BCUT2D eigenvalue weighted by Gasteiger charge is 2.18. The van der Waals surface area contributed by atoms with E-state index in [1.165, 1.54) is 11.8 Å². The first kappa shape index (κ1) is 21.3. The number of nitrogens with two attached hydrogens (primary N) is 1. The summed E-state index contributed by atoms with van der Waals surface area (Å²) in [7, 11) is 0. The molecule has 0 unspecified atom stereocenters. The largest absolute Gasteiger partial charge is 0.356 e. The van der Waals surface area contributed by atoms with Gasteiger partial charge in [0, 0.05) is 25.7 Å². The molecule has 1 amide bonds. The van der Waals surface area contributed by atoms with Gasteiger partial charge in [-0.1, -0.05) is 43.1 Å². The van der Waals surface area contributed by atoms with Crippen LogP contribution in [0.1, 0.15) is 45.4 Å². The molecule has 6 nitrogen and oxygen atoms in total. The molecule has 0 bridgehead atoms. The Morgan fingerprint density at radius 2 is 2.04 bits per heavy atom. The van der Waals surface area contributed by atoms with Crippen molar-refractivity contribution in [1.29, 1.82) is 0 Å². The van der Waals surface area contributed by atoms with E-state index in [4.69, 9.17) is 17.3 Å². The molecule has 2 heterocycles. The van der Waals surface area contributed by atoms with Crippen molar-refractivity contribution in [2.24, 2.45) is 11.7 Å². The molecular weight excluding hydrogens is 370 g/mol. The fourth-order valence-electron chi connectivity index (χ4n) is 2.88. The van der Waals surface area contributed by atoms with Crippen LogP contribution in [-0.4, -0.2) is 47.8 Å². The van der Waals surface area contributed by atoms with E-state index < -0.39 is 0 Å². The summed E-state index contributed by atoms with van der Waals surface area (Å²) in [6.45, 7) is 5.70. The first-order valence-corrected chi connectivity index (χ1v) is 10.8. The first-order chi connectivity index (χ1) is 12.6. The predicted octanol–water partition coefficient (Wildman–Crippen LogP) is 3.09. The van der Waals surface area contributed by atoms with Crippen LogP contribution in [-0.2, 0) is 4.79 Å². The topological polar surface area (TPSA) is 84.1 Å². The van der Waals surface area contributed by atoms with Crippen LogP contribution in [0, 0.1) is 5.92 Å². The number of amides is 1. The van der Waals surface area contributed by atoms with Crippen LogP contribution in [0.15, 0.2) is 11.2 Å². The lowest BCUT2D eigenvalue weighted by Gasteiger charge is -2.31. The Bertz CT molecular complexity index is 567. The van der Waals surface area contributed by atoms with Gasteiger partial charge in [-0.05, 0) is 38.1 Å². The van der Waals surface area contributed by atoms with Gasteiger partial charge in [-0.25, -0.2) is 9.97 Å². The standard InChI is InChI=1S/C18H30ClN5OS/c1-14-6-10-24(11-7-14)16-12-15(19)22-18(23-16)26-13-17(25)21-9-5-3-2-4-8-20/h12,14H,2-11,13,20H2,1H3,(H,21,25). The summed E-state index contributed by atoms with van der Waals surface area (Å²) < 4.78 is 0.